The van der Waals surface area contributed by atoms with Crippen molar-refractivity contribution in [3.63, 3.8) is 0 Å². The van der Waals surface area contributed by atoms with Gasteiger partial charge in [-0.05, 0) is 106 Å². The van der Waals surface area contributed by atoms with Crippen LogP contribution >= 0.6 is 0 Å². The second-order valence-electron chi connectivity index (χ2n) is 17.8. The van der Waals surface area contributed by atoms with E-state index < -0.39 is 0 Å². The van der Waals surface area contributed by atoms with Gasteiger partial charge in [0.05, 0.1) is 6.10 Å². The van der Waals surface area contributed by atoms with Crippen molar-refractivity contribution in [2.45, 2.75) is 116 Å². The van der Waals surface area contributed by atoms with E-state index in [2.05, 4.69) is 60.5 Å². The van der Waals surface area contributed by atoms with Gasteiger partial charge in [0.15, 0.2) is 0 Å². The zero-order valence-electron chi connectivity index (χ0n) is 30.0. The Bertz CT molecular complexity index is 1200. The fourth-order valence-corrected chi connectivity index (χ4v) is 12.4. The first kappa shape index (κ1) is 33.9. The van der Waals surface area contributed by atoms with Gasteiger partial charge in [-0.2, -0.15) is 0 Å². The molecule has 1 spiro atoms. The molecule has 0 aromatic rings. The number of hydrogen-bond acceptors (Lipinski definition) is 7. The summed E-state index contributed by atoms with van der Waals surface area (Å²) in [6, 6.07) is 0.119. The van der Waals surface area contributed by atoms with Crippen molar-refractivity contribution in [1.29, 1.82) is 0 Å². The van der Waals surface area contributed by atoms with Crippen molar-refractivity contribution in [2.75, 3.05) is 52.9 Å². The van der Waals surface area contributed by atoms with Crippen molar-refractivity contribution in [2.24, 2.45) is 52.3 Å². The first-order valence-electron chi connectivity index (χ1n) is 19.4. The number of carbonyl (C=O) groups is 3. The minimum absolute atomic E-state index is 0.0922. The van der Waals surface area contributed by atoms with Crippen LogP contribution in [0.15, 0.2) is 0 Å². The van der Waals surface area contributed by atoms with Crippen molar-refractivity contribution in [3.8, 4) is 0 Å². The average molecular weight is 654 g/mol. The number of ketones is 1. The maximum absolute atomic E-state index is 14.4. The standard InChI is InChI=1S/C38H63N5O4/c1-24-9-12-38(40-23-24)25(2)35-31(47-38)20-30-28-8-7-26-19-27(10-11-36(26,3)29(28)21-32(44)37(30,35)4)41-34(46)22-33(45)39-13-6-14-43-17-15-42(5)16-18-43/h24-31,35,40H,6-23H2,1-5H3,(H,39,45)(H,41,46)/t24-,25+,26+,27?,28-,29+,30+,31+,35+,36+,37-,38-/m1/s1. The van der Waals surface area contributed by atoms with Gasteiger partial charge in [0.1, 0.15) is 17.9 Å². The van der Waals surface area contributed by atoms with Crippen LogP contribution in [0.5, 0.6) is 0 Å². The van der Waals surface area contributed by atoms with Crippen molar-refractivity contribution in [1.82, 2.24) is 25.8 Å². The monoisotopic (exact) mass is 653 g/mol. The Morgan fingerprint density at radius 2 is 1.77 bits per heavy atom. The lowest BCUT2D eigenvalue weighted by Gasteiger charge is -2.60. The van der Waals surface area contributed by atoms with Crippen molar-refractivity contribution in [3.05, 3.63) is 0 Å². The molecule has 9 heteroatoms. The lowest BCUT2D eigenvalue weighted by Crippen LogP contribution is -2.60. The molecular weight excluding hydrogens is 590 g/mol. The van der Waals surface area contributed by atoms with Crippen LogP contribution in [0.3, 0.4) is 0 Å². The molecule has 7 rings (SSSR count). The molecule has 1 unspecified atom stereocenters. The van der Waals surface area contributed by atoms with E-state index >= 15 is 0 Å². The largest absolute Gasteiger partial charge is 0.357 e. The number of rotatable bonds is 7. The predicted octanol–water partition coefficient (Wildman–Crippen LogP) is 3.81. The molecule has 0 aromatic carbocycles. The van der Waals surface area contributed by atoms with E-state index in [9.17, 15) is 14.4 Å². The number of Topliss-reactive ketones (excluding diaryl/α,β-unsaturated/α-hetero) is 1. The number of amides is 2. The highest BCUT2D eigenvalue weighted by Crippen LogP contribution is 2.70. The highest BCUT2D eigenvalue weighted by atomic mass is 16.5. The second-order valence-corrected chi connectivity index (χ2v) is 17.8. The average Bonchev–Trinajstić information content (AvgIpc) is 3.49. The Balaban J connectivity index is 0.908. The molecule has 9 nitrogen and oxygen atoms in total. The summed E-state index contributed by atoms with van der Waals surface area (Å²) in [6.07, 6.45) is 10.3. The number of hydrogen-bond donors (Lipinski definition) is 3. The van der Waals surface area contributed by atoms with Crippen molar-refractivity contribution >= 4 is 17.6 Å². The van der Waals surface area contributed by atoms with Crippen LogP contribution in [-0.4, -0.2) is 98.1 Å². The van der Waals surface area contributed by atoms with E-state index in [4.69, 9.17) is 4.74 Å². The van der Waals surface area contributed by atoms with Gasteiger partial charge in [-0.1, -0.05) is 27.7 Å². The van der Waals surface area contributed by atoms with E-state index in [1.807, 2.05) is 0 Å². The normalized spacial score (nSPS) is 46.7. The lowest BCUT2D eigenvalue weighted by atomic mass is 9.44. The smallest absolute Gasteiger partial charge is 0.229 e. The summed E-state index contributed by atoms with van der Waals surface area (Å²) in [6.45, 7) is 16.5. The van der Waals surface area contributed by atoms with Crippen LogP contribution in [0.1, 0.15) is 98.3 Å². The third-order valence-corrected chi connectivity index (χ3v) is 15.3. The van der Waals surface area contributed by atoms with E-state index in [0.717, 1.165) is 77.8 Å². The number of ether oxygens (including phenoxy) is 1. The number of nitrogens with zero attached hydrogens (tertiary/aromatic N) is 2. The molecule has 2 amide bonds. The SMILES string of the molecule is C[C@@H]1CC[C@@]2(NC1)O[C@H]1C[C@H]3[C@@H]4CC[C@H]5CC(NC(=O)CC(=O)NCCCN6CCN(C)CC6)CC[C@]5(C)[C@H]4CC(=O)[C@]3(C)[C@H]1[C@@H]2C. The van der Waals surface area contributed by atoms with Crippen molar-refractivity contribution < 1.29 is 19.1 Å². The van der Waals surface area contributed by atoms with Gasteiger partial charge in [0, 0.05) is 69.0 Å². The fourth-order valence-electron chi connectivity index (χ4n) is 12.4. The Labute approximate surface area is 283 Å². The highest BCUT2D eigenvalue weighted by Gasteiger charge is 2.71. The number of carbonyl (C=O) groups excluding carboxylic acids is 3. The molecule has 4 aliphatic carbocycles. The molecule has 3 saturated heterocycles. The fraction of sp³-hybridized carbons (Fsp3) is 0.921. The molecule has 3 N–H and O–H groups in total. The van der Waals surface area contributed by atoms with Gasteiger partial charge in [-0.15, -0.1) is 0 Å². The first-order valence-corrected chi connectivity index (χ1v) is 19.4. The molecule has 12 atom stereocenters. The van der Waals surface area contributed by atoms with Gasteiger partial charge < -0.3 is 25.2 Å². The zero-order chi connectivity index (χ0) is 33.1. The van der Waals surface area contributed by atoms with Gasteiger partial charge in [-0.3, -0.25) is 19.7 Å². The molecule has 264 valence electrons. The third kappa shape index (κ3) is 6.01. The molecule has 7 fully saturated rings. The Hall–Kier alpha value is -1.55. The molecular formula is C38H63N5O4. The molecule has 0 bridgehead atoms. The summed E-state index contributed by atoms with van der Waals surface area (Å²) in [5, 5.41) is 10.0. The molecule has 0 aromatic heterocycles. The summed E-state index contributed by atoms with van der Waals surface area (Å²) in [5.74, 6) is 3.46. The van der Waals surface area contributed by atoms with Crippen LogP contribution < -0.4 is 16.0 Å². The van der Waals surface area contributed by atoms with E-state index in [-0.39, 0.29) is 46.9 Å². The van der Waals surface area contributed by atoms with Crippen LogP contribution in [-0.2, 0) is 19.1 Å². The Morgan fingerprint density at radius 3 is 2.51 bits per heavy atom. The number of fused-ring (bicyclic) bond motifs is 7. The first-order chi connectivity index (χ1) is 22.4. The number of likely N-dealkylation sites (N-methyl/N-ethyl adjacent to an activating group) is 1. The summed E-state index contributed by atoms with van der Waals surface area (Å²) < 4.78 is 6.99. The minimum atomic E-state index is -0.279. The summed E-state index contributed by atoms with van der Waals surface area (Å²) >= 11 is 0. The number of nitrogens with one attached hydrogen (secondary N) is 3. The number of piperazine rings is 1. The molecule has 7 aliphatic rings. The number of piperidine rings is 1. The minimum Gasteiger partial charge on any atom is -0.357 e. The topological polar surface area (TPSA) is 103 Å². The molecule has 3 heterocycles. The van der Waals surface area contributed by atoms with Crippen LogP contribution in [0, 0.1) is 52.3 Å². The Kier molecular flexibility index (Phi) is 9.36. The van der Waals surface area contributed by atoms with E-state index in [1.54, 1.807) is 0 Å². The molecule has 47 heavy (non-hydrogen) atoms. The molecule has 4 saturated carbocycles. The van der Waals surface area contributed by atoms with E-state index in [1.165, 1.54) is 19.3 Å². The van der Waals surface area contributed by atoms with E-state index in [0.29, 0.717) is 60.2 Å². The van der Waals surface area contributed by atoms with Gasteiger partial charge in [0.2, 0.25) is 11.8 Å². The maximum Gasteiger partial charge on any atom is 0.229 e. The molecule has 0 radical (unpaired) electrons. The summed E-state index contributed by atoms with van der Waals surface area (Å²) in [4.78, 5) is 44.6. The van der Waals surface area contributed by atoms with Gasteiger partial charge in [0.25, 0.3) is 0 Å². The van der Waals surface area contributed by atoms with Gasteiger partial charge >= 0.3 is 0 Å². The summed E-state index contributed by atoms with van der Waals surface area (Å²) in [5.41, 5.74) is -0.390. The zero-order valence-corrected chi connectivity index (χ0v) is 30.0. The second kappa shape index (κ2) is 13.0. The summed E-state index contributed by atoms with van der Waals surface area (Å²) in [7, 11) is 2.16. The lowest BCUT2D eigenvalue weighted by molar-refractivity contribution is -0.160. The maximum atomic E-state index is 14.4. The quantitative estimate of drug-likeness (QED) is 0.284. The van der Waals surface area contributed by atoms with Gasteiger partial charge in [-0.25, -0.2) is 0 Å². The predicted molar refractivity (Wildman–Crippen MR) is 182 cm³/mol. The highest BCUT2D eigenvalue weighted by molar-refractivity contribution is 5.97. The van der Waals surface area contributed by atoms with Crippen LogP contribution in [0.4, 0.5) is 0 Å². The third-order valence-electron chi connectivity index (χ3n) is 15.3. The molecule has 3 aliphatic heterocycles. The van der Waals surface area contributed by atoms with Crippen LogP contribution in [0.2, 0.25) is 0 Å². The Morgan fingerprint density at radius 1 is 0.979 bits per heavy atom. The van der Waals surface area contributed by atoms with Crippen LogP contribution in [0.25, 0.3) is 0 Å².